The zero-order valence-electron chi connectivity index (χ0n) is 14.6. The van der Waals surface area contributed by atoms with Gasteiger partial charge in [0.05, 0.1) is 24.2 Å². The molecule has 1 unspecified atom stereocenters. The van der Waals surface area contributed by atoms with Crippen molar-refractivity contribution in [2.24, 2.45) is 0 Å². The van der Waals surface area contributed by atoms with E-state index < -0.39 is 36.1 Å². The number of nitrogens with one attached hydrogen (secondary N) is 1. The summed E-state index contributed by atoms with van der Waals surface area (Å²) in [6.45, 7) is -0.506. The summed E-state index contributed by atoms with van der Waals surface area (Å²) in [6, 6.07) is 3.18. The van der Waals surface area contributed by atoms with E-state index in [4.69, 9.17) is 5.11 Å². The maximum Gasteiger partial charge on any atom is 0.258 e. The zero-order valence-corrected chi connectivity index (χ0v) is 16.2. The van der Waals surface area contributed by atoms with Gasteiger partial charge in [0.2, 0.25) is 0 Å². The van der Waals surface area contributed by atoms with Crippen LogP contribution in [0.2, 0.25) is 0 Å². The van der Waals surface area contributed by atoms with Crippen molar-refractivity contribution >= 4 is 27.7 Å². The normalized spacial score (nSPS) is 12.1. The summed E-state index contributed by atoms with van der Waals surface area (Å²) in [5, 5.41) is 21.1. The fourth-order valence-electron chi connectivity index (χ4n) is 2.51. The first-order valence-electron chi connectivity index (χ1n) is 8.19. The molecule has 3 rings (SSSR count). The van der Waals surface area contributed by atoms with Gasteiger partial charge in [0.15, 0.2) is 23.3 Å². The van der Waals surface area contributed by atoms with Crippen LogP contribution in [0.25, 0.3) is 0 Å². The van der Waals surface area contributed by atoms with E-state index in [9.17, 15) is 23.1 Å². The van der Waals surface area contributed by atoms with Gasteiger partial charge in [-0.25, -0.2) is 18.2 Å². The summed E-state index contributed by atoms with van der Waals surface area (Å²) < 4.78 is 41.4. The summed E-state index contributed by atoms with van der Waals surface area (Å²) in [5.74, 6) is -4.48. The molecule has 3 N–H and O–H groups in total. The van der Waals surface area contributed by atoms with Gasteiger partial charge in [-0.05, 0) is 39.7 Å². The second kappa shape index (κ2) is 8.72. The van der Waals surface area contributed by atoms with Gasteiger partial charge >= 0.3 is 0 Å². The Bertz CT molecular complexity index is 1040. The molecule has 152 valence electrons. The number of amides is 1. The number of rotatable bonds is 6. The van der Waals surface area contributed by atoms with Crippen molar-refractivity contribution in [3.05, 3.63) is 75.7 Å². The number of imidazole rings is 1. The van der Waals surface area contributed by atoms with Crippen molar-refractivity contribution in [1.82, 2.24) is 14.5 Å². The average Bonchev–Trinajstić information content (AvgIpc) is 3.12. The molecule has 1 atom stereocenters. The Morgan fingerprint density at radius 3 is 2.52 bits per heavy atom. The molecule has 0 saturated carbocycles. The van der Waals surface area contributed by atoms with Gasteiger partial charge in [-0.2, -0.15) is 0 Å². The lowest BCUT2D eigenvalue weighted by Crippen LogP contribution is -2.14. The summed E-state index contributed by atoms with van der Waals surface area (Å²) in [4.78, 5) is 20.3. The lowest BCUT2D eigenvalue weighted by atomic mass is 10.2. The van der Waals surface area contributed by atoms with Crippen LogP contribution < -0.4 is 5.32 Å². The quantitative estimate of drug-likeness (QED) is 0.481. The van der Waals surface area contributed by atoms with Crippen molar-refractivity contribution < 1.29 is 28.2 Å². The van der Waals surface area contributed by atoms with Crippen molar-refractivity contribution in [3.63, 3.8) is 0 Å². The standard InChI is InChI=1S/C18H14BrF3N4O3/c19-11-3-10(4-23-17(11)14(28)7-27)18(29)25-15-6-26(8-24-15)5-9-1-12(20)16(22)13(21)2-9/h1-4,6,8,14,27-28H,5,7H2,(H,25,29). The van der Waals surface area contributed by atoms with Crippen LogP contribution in [0, 0.1) is 17.5 Å². The highest BCUT2D eigenvalue weighted by atomic mass is 79.9. The average molecular weight is 471 g/mol. The zero-order chi connectivity index (χ0) is 21.1. The fourth-order valence-corrected chi connectivity index (χ4v) is 3.13. The number of pyridine rings is 1. The molecule has 3 aromatic rings. The molecule has 0 aliphatic rings. The number of halogens is 4. The van der Waals surface area contributed by atoms with Crippen molar-refractivity contribution in [2.75, 3.05) is 11.9 Å². The monoisotopic (exact) mass is 470 g/mol. The van der Waals surface area contributed by atoms with Crippen LogP contribution in [0.3, 0.4) is 0 Å². The number of benzene rings is 1. The van der Waals surface area contributed by atoms with E-state index in [1.165, 1.54) is 29.4 Å². The van der Waals surface area contributed by atoms with Crippen LogP contribution in [-0.2, 0) is 6.54 Å². The van der Waals surface area contributed by atoms with Gasteiger partial charge < -0.3 is 20.1 Å². The Labute approximate surface area is 171 Å². The largest absolute Gasteiger partial charge is 0.393 e. The highest BCUT2D eigenvalue weighted by molar-refractivity contribution is 9.10. The molecule has 11 heteroatoms. The third kappa shape index (κ3) is 4.81. The smallest absolute Gasteiger partial charge is 0.258 e. The van der Waals surface area contributed by atoms with E-state index in [1.54, 1.807) is 0 Å². The topological polar surface area (TPSA) is 100 Å². The minimum atomic E-state index is -1.54. The first kappa shape index (κ1) is 21.0. The molecule has 0 bridgehead atoms. The molecule has 7 nitrogen and oxygen atoms in total. The van der Waals surface area contributed by atoms with Crippen LogP contribution in [0.5, 0.6) is 0 Å². The number of hydrogen-bond acceptors (Lipinski definition) is 5. The number of aliphatic hydroxyl groups is 2. The summed E-state index contributed by atoms with van der Waals surface area (Å²) in [6.07, 6.45) is 2.82. The first-order chi connectivity index (χ1) is 13.8. The molecular formula is C18H14BrF3N4O3. The molecule has 2 heterocycles. The lowest BCUT2D eigenvalue weighted by molar-refractivity contribution is 0.0915. The Morgan fingerprint density at radius 2 is 1.90 bits per heavy atom. The predicted molar refractivity (Wildman–Crippen MR) is 99.6 cm³/mol. The van der Waals surface area contributed by atoms with Crippen LogP contribution in [0.1, 0.15) is 27.7 Å². The second-order valence-corrected chi connectivity index (χ2v) is 6.90. The van der Waals surface area contributed by atoms with E-state index in [0.29, 0.717) is 4.47 Å². The Kier molecular flexibility index (Phi) is 6.30. The Balaban J connectivity index is 1.70. The van der Waals surface area contributed by atoms with Gasteiger partial charge in [-0.3, -0.25) is 9.78 Å². The molecular weight excluding hydrogens is 457 g/mol. The number of aromatic nitrogens is 3. The molecule has 0 radical (unpaired) electrons. The van der Waals surface area contributed by atoms with Crippen molar-refractivity contribution in [2.45, 2.75) is 12.6 Å². The highest BCUT2D eigenvalue weighted by Crippen LogP contribution is 2.22. The van der Waals surface area contributed by atoms with E-state index in [2.05, 4.69) is 31.2 Å². The van der Waals surface area contributed by atoms with Crippen LogP contribution >= 0.6 is 15.9 Å². The maximum atomic E-state index is 13.3. The molecule has 1 aromatic carbocycles. The molecule has 0 spiro atoms. The number of aliphatic hydroxyl groups excluding tert-OH is 2. The number of nitrogens with zero attached hydrogens (tertiary/aromatic N) is 3. The summed E-state index contributed by atoms with van der Waals surface area (Å²) in [7, 11) is 0. The SMILES string of the molecule is O=C(Nc1cn(Cc2cc(F)c(F)c(F)c2)cn1)c1cnc(C(O)CO)c(Br)c1. The van der Waals surface area contributed by atoms with Gasteiger partial charge in [0.25, 0.3) is 5.91 Å². The fraction of sp³-hybridized carbons (Fsp3) is 0.167. The number of anilines is 1. The molecule has 0 aliphatic carbocycles. The molecule has 0 fully saturated rings. The summed E-state index contributed by atoms with van der Waals surface area (Å²) >= 11 is 3.18. The van der Waals surface area contributed by atoms with Gasteiger partial charge in [-0.15, -0.1) is 0 Å². The van der Waals surface area contributed by atoms with E-state index in [-0.39, 0.29) is 29.2 Å². The molecule has 29 heavy (non-hydrogen) atoms. The van der Waals surface area contributed by atoms with Crippen LogP contribution in [-0.4, -0.2) is 37.3 Å². The Morgan fingerprint density at radius 1 is 1.21 bits per heavy atom. The molecule has 1 amide bonds. The maximum absolute atomic E-state index is 13.3. The van der Waals surface area contributed by atoms with Gasteiger partial charge in [-0.1, -0.05) is 0 Å². The van der Waals surface area contributed by atoms with E-state index in [1.807, 2.05) is 0 Å². The molecule has 0 aliphatic heterocycles. The Hall–Kier alpha value is -2.76. The molecule has 2 aromatic heterocycles. The van der Waals surface area contributed by atoms with Crippen molar-refractivity contribution in [1.29, 1.82) is 0 Å². The molecule has 0 saturated heterocycles. The second-order valence-electron chi connectivity index (χ2n) is 6.05. The number of carbonyl (C=O) groups excluding carboxylic acids is 1. The third-order valence-electron chi connectivity index (χ3n) is 3.90. The van der Waals surface area contributed by atoms with Crippen LogP contribution in [0.4, 0.5) is 19.0 Å². The minimum absolute atomic E-state index is 0.0117. The third-order valence-corrected chi connectivity index (χ3v) is 4.54. The highest BCUT2D eigenvalue weighted by Gasteiger charge is 2.16. The van der Waals surface area contributed by atoms with Gasteiger partial charge in [0, 0.05) is 23.4 Å². The number of hydrogen-bond donors (Lipinski definition) is 3. The predicted octanol–water partition coefficient (Wildman–Crippen LogP) is 2.78. The first-order valence-corrected chi connectivity index (χ1v) is 8.98. The number of carbonyl (C=O) groups is 1. The van der Waals surface area contributed by atoms with Gasteiger partial charge in [0.1, 0.15) is 6.10 Å². The van der Waals surface area contributed by atoms with Crippen LogP contribution in [0.15, 0.2) is 41.4 Å². The van der Waals surface area contributed by atoms with E-state index in [0.717, 1.165) is 12.1 Å². The van der Waals surface area contributed by atoms with Crippen molar-refractivity contribution in [3.8, 4) is 0 Å². The summed E-state index contributed by atoms with van der Waals surface area (Å²) in [5.41, 5.74) is 0.540. The minimum Gasteiger partial charge on any atom is -0.393 e. The van der Waals surface area contributed by atoms with E-state index >= 15 is 0 Å². The lowest BCUT2D eigenvalue weighted by Gasteiger charge is -2.10.